The van der Waals surface area contributed by atoms with E-state index in [1.165, 1.54) is 0 Å². The van der Waals surface area contributed by atoms with E-state index in [1.54, 1.807) is 6.26 Å². The molecule has 0 saturated heterocycles. The topological polar surface area (TPSA) is 38.7 Å². The zero-order valence-electron chi connectivity index (χ0n) is 7.04. The molecule has 0 fully saturated rings. The Balaban J connectivity index is 2.90. The van der Waals surface area contributed by atoms with Crippen LogP contribution >= 0.6 is 15.9 Å². The minimum Gasteiger partial charge on any atom is -0.499 e. The predicted octanol–water partition coefficient (Wildman–Crippen LogP) is 1.31. The van der Waals surface area contributed by atoms with Gasteiger partial charge in [0.15, 0.2) is 0 Å². The van der Waals surface area contributed by atoms with Gasteiger partial charge in [-0.15, -0.1) is 0 Å². The van der Waals surface area contributed by atoms with Crippen molar-refractivity contribution in [1.29, 1.82) is 0 Å². The highest BCUT2D eigenvalue weighted by Crippen LogP contribution is 1.89. The van der Waals surface area contributed by atoms with Gasteiger partial charge in [-0.3, -0.25) is 0 Å². The molecular formula is C8H15BrO3. The molecule has 0 radical (unpaired) electrons. The monoisotopic (exact) mass is 238 g/mol. The third-order valence-electron chi connectivity index (χ3n) is 1.05. The lowest BCUT2D eigenvalue weighted by Crippen LogP contribution is -2.04. The molecule has 0 aromatic carbocycles. The average Bonchev–Trinajstić information content (AvgIpc) is 2.10. The maximum Gasteiger partial charge on any atom is 0.111 e. The van der Waals surface area contributed by atoms with Crippen molar-refractivity contribution in [2.45, 2.75) is 6.42 Å². The van der Waals surface area contributed by atoms with Crippen molar-refractivity contribution in [2.75, 3.05) is 31.8 Å². The van der Waals surface area contributed by atoms with E-state index < -0.39 is 0 Å². The molecule has 0 aliphatic heterocycles. The molecule has 0 amide bonds. The Morgan fingerprint density at radius 2 is 2.08 bits per heavy atom. The number of hydrogen-bond acceptors (Lipinski definition) is 3. The molecule has 0 aliphatic rings. The van der Waals surface area contributed by atoms with Gasteiger partial charge < -0.3 is 14.6 Å². The smallest absolute Gasteiger partial charge is 0.111 e. The van der Waals surface area contributed by atoms with Crippen LogP contribution in [0.4, 0.5) is 0 Å². The van der Waals surface area contributed by atoms with Crippen LogP contribution in [0.25, 0.3) is 0 Å². The number of ether oxygens (including phenoxy) is 2. The van der Waals surface area contributed by atoms with Crippen molar-refractivity contribution in [3.63, 3.8) is 0 Å². The quantitative estimate of drug-likeness (QED) is 0.394. The van der Waals surface area contributed by atoms with Crippen molar-refractivity contribution in [3.8, 4) is 0 Å². The minimum atomic E-state index is 0.0689. The van der Waals surface area contributed by atoms with Crippen molar-refractivity contribution >= 4 is 15.9 Å². The predicted molar refractivity (Wildman–Crippen MR) is 51.4 cm³/mol. The minimum absolute atomic E-state index is 0.0689. The van der Waals surface area contributed by atoms with Crippen LogP contribution in [-0.4, -0.2) is 36.9 Å². The van der Waals surface area contributed by atoms with Crippen LogP contribution in [0.1, 0.15) is 6.42 Å². The highest BCUT2D eigenvalue weighted by Gasteiger charge is 1.84. The first-order valence-corrected chi connectivity index (χ1v) is 5.05. The zero-order chi connectivity index (χ0) is 9.07. The number of aliphatic hydroxyl groups is 1. The van der Waals surface area contributed by atoms with Gasteiger partial charge in [0, 0.05) is 5.33 Å². The fraction of sp³-hybridized carbons (Fsp3) is 0.750. The van der Waals surface area contributed by atoms with Crippen LogP contribution in [-0.2, 0) is 9.47 Å². The third kappa shape index (κ3) is 9.94. The van der Waals surface area contributed by atoms with Gasteiger partial charge in [0.05, 0.1) is 26.1 Å². The van der Waals surface area contributed by atoms with E-state index in [0.29, 0.717) is 19.8 Å². The molecule has 0 aromatic heterocycles. The molecule has 0 unspecified atom stereocenters. The standard InChI is InChI=1S/C8H15BrO3/c9-3-1-2-5-11-7-8-12-6-4-10/h2,5,10H,1,3-4,6-8H2. The van der Waals surface area contributed by atoms with Crippen molar-refractivity contribution in [2.24, 2.45) is 0 Å². The highest BCUT2D eigenvalue weighted by molar-refractivity contribution is 9.09. The zero-order valence-corrected chi connectivity index (χ0v) is 8.63. The second-order valence-corrected chi connectivity index (χ2v) is 2.85. The highest BCUT2D eigenvalue weighted by atomic mass is 79.9. The Morgan fingerprint density at radius 1 is 1.25 bits per heavy atom. The molecule has 0 spiro atoms. The van der Waals surface area contributed by atoms with E-state index in [-0.39, 0.29) is 6.61 Å². The summed E-state index contributed by atoms with van der Waals surface area (Å²) in [5.74, 6) is 0. The molecule has 0 rings (SSSR count). The summed E-state index contributed by atoms with van der Waals surface area (Å²) in [5.41, 5.74) is 0. The fourth-order valence-electron chi connectivity index (χ4n) is 0.541. The van der Waals surface area contributed by atoms with E-state index >= 15 is 0 Å². The lowest BCUT2D eigenvalue weighted by Gasteiger charge is -2.00. The fourth-order valence-corrected chi connectivity index (χ4v) is 0.805. The van der Waals surface area contributed by atoms with Crippen molar-refractivity contribution in [1.82, 2.24) is 0 Å². The summed E-state index contributed by atoms with van der Waals surface area (Å²) in [7, 11) is 0. The number of alkyl halides is 1. The van der Waals surface area contributed by atoms with Gasteiger partial charge in [0.2, 0.25) is 0 Å². The van der Waals surface area contributed by atoms with Gasteiger partial charge in [-0.05, 0) is 12.5 Å². The summed E-state index contributed by atoms with van der Waals surface area (Å²) in [6.45, 7) is 1.52. The molecule has 12 heavy (non-hydrogen) atoms. The van der Waals surface area contributed by atoms with Gasteiger partial charge in [-0.1, -0.05) is 15.9 Å². The maximum atomic E-state index is 8.35. The van der Waals surface area contributed by atoms with E-state index in [1.807, 2.05) is 6.08 Å². The molecule has 0 aliphatic carbocycles. The number of halogens is 1. The Hall–Kier alpha value is -0.0600. The first-order valence-electron chi connectivity index (χ1n) is 3.93. The average molecular weight is 239 g/mol. The van der Waals surface area contributed by atoms with Gasteiger partial charge in [0.25, 0.3) is 0 Å². The summed E-state index contributed by atoms with van der Waals surface area (Å²) in [4.78, 5) is 0. The van der Waals surface area contributed by atoms with Crippen LogP contribution in [0.15, 0.2) is 12.3 Å². The first-order chi connectivity index (χ1) is 5.91. The van der Waals surface area contributed by atoms with Gasteiger partial charge in [-0.25, -0.2) is 0 Å². The summed E-state index contributed by atoms with van der Waals surface area (Å²) in [6, 6.07) is 0. The van der Waals surface area contributed by atoms with E-state index in [2.05, 4.69) is 15.9 Å². The van der Waals surface area contributed by atoms with Gasteiger partial charge in [-0.2, -0.15) is 0 Å². The molecule has 0 aromatic rings. The largest absolute Gasteiger partial charge is 0.499 e. The summed E-state index contributed by atoms with van der Waals surface area (Å²) < 4.78 is 10.0. The molecule has 3 nitrogen and oxygen atoms in total. The molecule has 72 valence electrons. The molecule has 0 heterocycles. The lowest BCUT2D eigenvalue weighted by molar-refractivity contribution is 0.0600. The number of rotatable bonds is 8. The Morgan fingerprint density at radius 3 is 2.75 bits per heavy atom. The number of aliphatic hydroxyl groups excluding tert-OH is 1. The molecule has 0 atom stereocenters. The van der Waals surface area contributed by atoms with Crippen LogP contribution < -0.4 is 0 Å². The van der Waals surface area contributed by atoms with E-state index in [0.717, 1.165) is 11.8 Å². The number of hydrogen-bond donors (Lipinski definition) is 1. The number of allylic oxidation sites excluding steroid dienone is 1. The Bertz CT molecular complexity index is 106. The Labute approximate surface area is 81.5 Å². The third-order valence-corrected chi connectivity index (χ3v) is 1.51. The van der Waals surface area contributed by atoms with E-state index in [4.69, 9.17) is 14.6 Å². The molecule has 1 N–H and O–H groups in total. The van der Waals surface area contributed by atoms with Crippen molar-refractivity contribution in [3.05, 3.63) is 12.3 Å². The van der Waals surface area contributed by atoms with Gasteiger partial charge in [0.1, 0.15) is 6.61 Å². The van der Waals surface area contributed by atoms with Gasteiger partial charge >= 0.3 is 0 Å². The summed E-state index contributed by atoms with van der Waals surface area (Å²) in [6.07, 6.45) is 4.59. The van der Waals surface area contributed by atoms with Crippen molar-refractivity contribution < 1.29 is 14.6 Å². The van der Waals surface area contributed by atoms with Crippen LogP contribution in [0.5, 0.6) is 0 Å². The Kier molecular flexibility index (Phi) is 10.9. The second kappa shape index (κ2) is 10.9. The van der Waals surface area contributed by atoms with E-state index in [9.17, 15) is 0 Å². The molecule has 0 saturated carbocycles. The SMILES string of the molecule is OCCOCCOC=CCCBr. The first kappa shape index (κ1) is 11.9. The molecule has 4 heteroatoms. The maximum absolute atomic E-state index is 8.35. The summed E-state index contributed by atoms with van der Waals surface area (Å²) in [5, 5.41) is 9.31. The normalized spacial score (nSPS) is 10.8. The molecule has 0 bridgehead atoms. The second-order valence-electron chi connectivity index (χ2n) is 2.06. The molecular weight excluding hydrogens is 224 g/mol. The van der Waals surface area contributed by atoms with Crippen LogP contribution in [0.2, 0.25) is 0 Å². The summed E-state index contributed by atoms with van der Waals surface area (Å²) >= 11 is 3.29. The van der Waals surface area contributed by atoms with Crippen LogP contribution in [0.3, 0.4) is 0 Å². The van der Waals surface area contributed by atoms with Crippen LogP contribution in [0, 0.1) is 0 Å². The lowest BCUT2D eigenvalue weighted by atomic mass is 10.5.